The third-order valence-corrected chi connectivity index (χ3v) is 14.5. The molecule has 0 aromatic carbocycles. The van der Waals surface area contributed by atoms with Gasteiger partial charge in [-0.25, -0.2) is 4.79 Å². The Morgan fingerprint density at radius 3 is 1.02 bits per heavy atom. The molecule has 0 bridgehead atoms. The Kier molecular flexibility index (Phi) is 60.8. The minimum Gasteiger partial charge on any atom is -0.477 e. The van der Waals surface area contributed by atoms with Gasteiger partial charge in [-0.1, -0.05) is 297 Å². The third kappa shape index (κ3) is 65.3. The smallest absolute Gasteiger partial charge is 0.361 e. The van der Waals surface area contributed by atoms with E-state index in [1.807, 2.05) is 21.1 Å². The van der Waals surface area contributed by atoms with Crippen molar-refractivity contribution in [3.05, 3.63) is 109 Å². The zero-order valence-corrected chi connectivity index (χ0v) is 54.3. The molecular formula is C74H128NO8+. The van der Waals surface area contributed by atoms with Gasteiger partial charge in [-0.2, -0.15) is 0 Å². The zero-order valence-electron chi connectivity index (χ0n) is 54.3. The summed E-state index contributed by atoms with van der Waals surface area (Å²) in [7, 11) is 5.97. The molecule has 1 N–H and O–H groups in total. The van der Waals surface area contributed by atoms with E-state index in [9.17, 15) is 19.5 Å². The van der Waals surface area contributed by atoms with Gasteiger partial charge in [0.2, 0.25) is 0 Å². The predicted molar refractivity (Wildman–Crippen MR) is 355 cm³/mol. The van der Waals surface area contributed by atoms with Crippen LogP contribution in [0.1, 0.15) is 284 Å². The number of allylic oxidation sites excluding steroid dienone is 18. The predicted octanol–water partition coefficient (Wildman–Crippen LogP) is 21.0. The second-order valence-electron chi connectivity index (χ2n) is 23.8. The number of hydrogen-bond acceptors (Lipinski definition) is 7. The Morgan fingerprint density at radius 1 is 0.373 bits per heavy atom. The summed E-state index contributed by atoms with van der Waals surface area (Å²) in [6.07, 6.45) is 86.2. The molecule has 0 radical (unpaired) electrons. The van der Waals surface area contributed by atoms with Crippen LogP contribution in [0, 0.1) is 0 Å². The lowest BCUT2D eigenvalue weighted by molar-refractivity contribution is -0.870. The highest BCUT2D eigenvalue weighted by molar-refractivity contribution is 5.71. The molecule has 0 aliphatic carbocycles. The van der Waals surface area contributed by atoms with Crippen LogP contribution in [0.3, 0.4) is 0 Å². The van der Waals surface area contributed by atoms with Gasteiger partial charge in [0.15, 0.2) is 6.10 Å². The molecule has 0 saturated carbocycles. The molecule has 0 aliphatic heterocycles. The highest BCUT2D eigenvalue weighted by Gasteiger charge is 2.25. The molecule has 0 aromatic rings. The molecule has 83 heavy (non-hydrogen) atoms. The topological polar surface area (TPSA) is 108 Å². The maximum atomic E-state index is 12.9. The summed E-state index contributed by atoms with van der Waals surface area (Å²) in [6, 6.07) is 0. The first kappa shape index (κ1) is 79.0. The Morgan fingerprint density at radius 2 is 0.687 bits per heavy atom. The second kappa shape index (κ2) is 64.0. The molecule has 0 rings (SSSR count). The largest absolute Gasteiger partial charge is 0.477 e. The molecule has 0 heterocycles. The molecule has 476 valence electrons. The fraction of sp³-hybridized carbons (Fsp3) is 0.716. The number of likely N-dealkylation sites (N-methyl/N-ethyl adjacent to an activating group) is 1. The maximum Gasteiger partial charge on any atom is 0.361 e. The number of ether oxygens (including phenoxy) is 4. The van der Waals surface area contributed by atoms with Gasteiger partial charge < -0.3 is 28.5 Å². The van der Waals surface area contributed by atoms with Crippen molar-refractivity contribution >= 4 is 17.9 Å². The summed E-state index contributed by atoms with van der Waals surface area (Å²) in [4.78, 5) is 37.6. The fourth-order valence-electron chi connectivity index (χ4n) is 9.36. The minimum atomic E-state index is -1.52. The number of carboxylic acids is 1. The lowest BCUT2D eigenvalue weighted by atomic mass is 10.0. The minimum absolute atomic E-state index is 0.183. The number of hydrogen-bond donors (Lipinski definition) is 1. The Hall–Kier alpha value is -4.05. The monoisotopic (exact) mass is 1160 g/mol. The van der Waals surface area contributed by atoms with Gasteiger partial charge in [-0.15, -0.1) is 0 Å². The van der Waals surface area contributed by atoms with E-state index in [-0.39, 0.29) is 32.2 Å². The van der Waals surface area contributed by atoms with Gasteiger partial charge in [-0.05, 0) is 83.5 Å². The molecule has 0 fully saturated rings. The standard InChI is InChI=1S/C74H127NO8/c1-6-8-10-12-14-16-18-20-22-24-26-28-29-30-31-32-33-34-35-36-37-38-39-40-41-42-43-45-47-49-51-53-55-57-59-61-63-65-72(77)83-70(69-82-74(73(78)79)80-67-66-75(3,4)5)68-81-71(76)64-62-60-58-56-54-52-50-48-46-44-27-25-23-21-19-17-15-13-11-9-7-2/h8,10,14,16,20,22,26,28,30-31,33-34,36-37,39-40,42-43,70,74H,6-7,9,11-13,15,17-19,21,23-25,27,29,32,35,38,41,44-69H2,1-5H3/p+1/b10-8-,16-14-,22-20-,28-26-,31-30-,34-33-,37-36-,40-39-,43-42-. The van der Waals surface area contributed by atoms with Crippen LogP contribution in [0.15, 0.2) is 109 Å². The number of esters is 2. The highest BCUT2D eigenvalue weighted by atomic mass is 16.7. The van der Waals surface area contributed by atoms with E-state index in [1.165, 1.54) is 148 Å². The van der Waals surface area contributed by atoms with E-state index in [0.717, 1.165) is 103 Å². The van der Waals surface area contributed by atoms with Crippen molar-refractivity contribution in [3.63, 3.8) is 0 Å². The van der Waals surface area contributed by atoms with Crippen LogP contribution in [0.2, 0.25) is 0 Å². The zero-order chi connectivity index (χ0) is 60.5. The van der Waals surface area contributed by atoms with E-state index >= 15 is 0 Å². The number of aliphatic carboxylic acids is 1. The van der Waals surface area contributed by atoms with Gasteiger partial charge in [0, 0.05) is 12.8 Å². The van der Waals surface area contributed by atoms with Crippen molar-refractivity contribution in [1.82, 2.24) is 0 Å². The van der Waals surface area contributed by atoms with Crippen LogP contribution in [-0.4, -0.2) is 87.4 Å². The summed E-state index contributed by atoms with van der Waals surface area (Å²) in [6.45, 7) is 4.78. The molecule has 9 heteroatoms. The number of unbranched alkanes of at least 4 members (excludes halogenated alkanes) is 29. The lowest BCUT2D eigenvalue weighted by Crippen LogP contribution is -2.40. The van der Waals surface area contributed by atoms with E-state index in [1.54, 1.807) is 0 Å². The van der Waals surface area contributed by atoms with Gasteiger partial charge in [0.1, 0.15) is 13.2 Å². The lowest BCUT2D eigenvalue weighted by Gasteiger charge is -2.25. The van der Waals surface area contributed by atoms with Crippen LogP contribution in [0.4, 0.5) is 0 Å². The normalized spacial score (nSPS) is 13.4. The summed E-state index contributed by atoms with van der Waals surface area (Å²) >= 11 is 0. The number of quaternary nitrogens is 1. The Balaban J connectivity index is 4.17. The van der Waals surface area contributed by atoms with E-state index in [0.29, 0.717) is 23.9 Å². The van der Waals surface area contributed by atoms with Crippen LogP contribution in [0.5, 0.6) is 0 Å². The maximum absolute atomic E-state index is 12.9. The molecule has 0 saturated heterocycles. The molecule has 0 spiro atoms. The summed E-state index contributed by atoms with van der Waals surface area (Å²) in [5, 5.41) is 9.74. The van der Waals surface area contributed by atoms with Crippen molar-refractivity contribution in [3.8, 4) is 0 Å². The van der Waals surface area contributed by atoms with E-state index in [2.05, 4.69) is 123 Å². The Bertz CT molecular complexity index is 1730. The van der Waals surface area contributed by atoms with Crippen molar-refractivity contribution < 1.29 is 42.9 Å². The molecular weight excluding hydrogens is 1030 g/mol. The molecule has 0 aliphatic rings. The van der Waals surface area contributed by atoms with Crippen LogP contribution >= 0.6 is 0 Å². The first-order chi connectivity index (χ1) is 40.6. The van der Waals surface area contributed by atoms with Crippen LogP contribution in [0.25, 0.3) is 0 Å². The van der Waals surface area contributed by atoms with Crippen molar-refractivity contribution in [2.75, 3.05) is 47.5 Å². The van der Waals surface area contributed by atoms with E-state index < -0.39 is 24.3 Å². The highest BCUT2D eigenvalue weighted by Crippen LogP contribution is 2.17. The SMILES string of the molecule is CC/C=C\C/C=C\C/C=C\C/C=C\C/C=C\C/C=C\C/C=C\C/C=C\C/C=C\CCCCCCCCCCCC(=O)OC(COC(=O)CCCCCCCCCCCCCCCCCCCCCCC)COC(OCC[N+](C)(C)C)C(=O)O. The number of rotatable bonds is 62. The number of carbonyl (C=O) groups excluding carboxylic acids is 2. The van der Waals surface area contributed by atoms with Crippen molar-refractivity contribution in [1.29, 1.82) is 0 Å². The average Bonchev–Trinajstić information content (AvgIpc) is 3.46. The second-order valence-corrected chi connectivity index (χ2v) is 23.8. The Labute approximate surface area is 511 Å². The number of nitrogens with zero attached hydrogens (tertiary/aromatic N) is 1. The molecule has 0 amide bonds. The fourth-order valence-corrected chi connectivity index (χ4v) is 9.36. The average molecular weight is 1160 g/mol. The van der Waals surface area contributed by atoms with Crippen molar-refractivity contribution in [2.45, 2.75) is 296 Å². The first-order valence-corrected chi connectivity index (χ1v) is 34.1. The summed E-state index contributed by atoms with van der Waals surface area (Å²) in [5.74, 6) is -2.01. The third-order valence-electron chi connectivity index (χ3n) is 14.5. The molecule has 2 unspecified atom stereocenters. The number of carbonyl (C=O) groups is 3. The van der Waals surface area contributed by atoms with Crippen molar-refractivity contribution in [2.24, 2.45) is 0 Å². The van der Waals surface area contributed by atoms with E-state index in [4.69, 9.17) is 18.9 Å². The number of carboxylic acid groups (broad SMARTS) is 1. The molecule has 0 aromatic heterocycles. The van der Waals surface area contributed by atoms with Gasteiger partial charge in [0.25, 0.3) is 6.29 Å². The summed E-state index contributed by atoms with van der Waals surface area (Å²) < 4.78 is 23.0. The molecule has 9 nitrogen and oxygen atoms in total. The first-order valence-electron chi connectivity index (χ1n) is 34.1. The van der Waals surface area contributed by atoms with Crippen LogP contribution in [-0.2, 0) is 33.3 Å². The van der Waals surface area contributed by atoms with Crippen LogP contribution < -0.4 is 0 Å². The summed E-state index contributed by atoms with van der Waals surface area (Å²) in [5.41, 5.74) is 0. The van der Waals surface area contributed by atoms with Gasteiger partial charge >= 0.3 is 17.9 Å². The van der Waals surface area contributed by atoms with Gasteiger partial charge in [-0.3, -0.25) is 9.59 Å². The van der Waals surface area contributed by atoms with Gasteiger partial charge in [0.05, 0.1) is 34.4 Å². The molecule has 2 atom stereocenters. The quantitative estimate of drug-likeness (QED) is 0.0211.